The number of hydrogen-bond donors (Lipinski definition) is 5. The van der Waals surface area contributed by atoms with Crippen LogP contribution in [0.15, 0.2) is 36.4 Å². The summed E-state index contributed by atoms with van der Waals surface area (Å²) in [4.78, 5) is 11.8. The van der Waals surface area contributed by atoms with Crippen molar-refractivity contribution in [3.05, 3.63) is 42.0 Å². The molecule has 1 amide bonds. The van der Waals surface area contributed by atoms with E-state index in [9.17, 15) is 4.79 Å². The van der Waals surface area contributed by atoms with Crippen LogP contribution in [0.3, 0.4) is 0 Å². The zero-order chi connectivity index (χ0) is 15.8. The summed E-state index contributed by atoms with van der Waals surface area (Å²) in [5, 5.41) is 7.57. The molecule has 0 bridgehead atoms. The summed E-state index contributed by atoms with van der Waals surface area (Å²) < 4.78 is 0. The Balaban J connectivity index is 1.73. The minimum absolute atomic E-state index is 0.243. The number of nitrogens with one attached hydrogen (secondary N) is 5. The molecule has 22 heavy (non-hydrogen) atoms. The maximum Gasteiger partial charge on any atom is 0.250 e. The Morgan fingerprint density at radius 2 is 2.18 bits per heavy atom. The van der Waals surface area contributed by atoms with Crippen LogP contribution in [0.4, 0.5) is 0 Å². The van der Waals surface area contributed by atoms with E-state index in [-0.39, 0.29) is 17.3 Å². The number of hydrogen-bond acceptors (Lipinski definition) is 6. The fourth-order valence-corrected chi connectivity index (χ4v) is 2.05. The smallest absolute Gasteiger partial charge is 0.250 e. The molecule has 0 aromatic heterocycles. The predicted molar refractivity (Wildman–Crippen MR) is 89.5 cm³/mol. The molecule has 0 spiro atoms. The lowest BCUT2D eigenvalue weighted by Crippen LogP contribution is -2.53. The highest BCUT2D eigenvalue weighted by Crippen LogP contribution is 2.00. The van der Waals surface area contributed by atoms with Crippen molar-refractivity contribution in [2.75, 3.05) is 6.54 Å². The number of nitrogens with zero attached hydrogens (tertiary/aromatic N) is 1. The van der Waals surface area contributed by atoms with Crippen molar-refractivity contribution in [2.45, 2.75) is 19.6 Å². The molecule has 1 aliphatic heterocycles. The van der Waals surface area contributed by atoms with Crippen molar-refractivity contribution in [1.82, 2.24) is 32.1 Å². The summed E-state index contributed by atoms with van der Waals surface area (Å²) >= 11 is 5.10. The number of hydrazine groups is 3. The van der Waals surface area contributed by atoms with Crippen molar-refractivity contribution in [3.63, 3.8) is 0 Å². The maximum absolute atomic E-state index is 11.8. The first-order chi connectivity index (χ1) is 10.7. The van der Waals surface area contributed by atoms with Crippen molar-refractivity contribution >= 4 is 29.3 Å². The Labute approximate surface area is 135 Å². The standard InChI is InChI=1S/C14H20N6OS/c1-2-10-20-18-13(17-19-20)16-14(22)15-12(21)9-8-11-6-4-3-5-7-11/h3-9,13,17-19H,2,10H2,1H3,(H2,15,16,21,22)/b9-8+. The molecule has 1 aliphatic rings. The third-order valence-electron chi connectivity index (χ3n) is 2.81. The highest BCUT2D eigenvalue weighted by molar-refractivity contribution is 7.80. The van der Waals surface area contributed by atoms with Crippen molar-refractivity contribution in [3.8, 4) is 0 Å². The summed E-state index contributed by atoms with van der Waals surface area (Å²) in [6, 6.07) is 9.59. The number of carbonyl (C=O) groups is 1. The number of carbonyl (C=O) groups excluding carboxylic acids is 1. The fourth-order valence-electron chi connectivity index (χ4n) is 1.83. The van der Waals surface area contributed by atoms with E-state index in [0.29, 0.717) is 0 Å². The van der Waals surface area contributed by atoms with Gasteiger partial charge in [-0.1, -0.05) is 37.3 Å². The van der Waals surface area contributed by atoms with Crippen LogP contribution < -0.4 is 27.0 Å². The summed E-state index contributed by atoms with van der Waals surface area (Å²) in [6.45, 7) is 2.91. The predicted octanol–water partition coefficient (Wildman–Crippen LogP) is 0.214. The molecule has 118 valence electrons. The molecular formula is C14H20N6OS. The topological polar surface area (TPSA) is 80.5 Å². The molecule has 7 nitrogen and oxygen atoms in total. The fraction of sp³-hybridized carbons (Fsp3) is 0.286. The van der Waals surface area contributed by atoms with Gasteiger partial charge in [0.2, 0.25) is 5.91 Å². The first kappa shape index (κ1) is 16.5. The van der Waals surface area contributed by atoms with Crippen LogP contribution in [0.5, 0.6) is 0 Å². The van der Waals surface area contributed by atoms with E-state index in [2.05, 4.69) is 33.9 Å². The van der Waals surface area contributed by atoms with E-state index in [4.69, 9.17) is 12.2 Å². The zero-order valence-electron chi connectivity index (χ0n) is 12.3. The zero-order valence-corrected chi connectivity index (χ0v) is 13.1. The van der Waals surface area contributed by atoms with E-state index in [1.54, 1.807) is 11.2 Å². The molecule has 1 heterocycles. The van der Waals surface area contributed by atoms with E-state index in [1.807, 2.05) is 30.3 Å². The number of thiocarbonyl (C=S) groups is 1. The average Bonchev–Trinajstić information content (AvgIpc) is 2.93. The van der Waals surface area contributed by atoms with Crippen LogP contribution >= 0.6 is 12.2 Å². The summed E-state index contributed by atoms with van der Waals surface area (Å²) in [7, 11) is 0. The van der Waals surface area contributed by atoms with E-state index >= 15 is 0 Å². The molecule has 0 aliphatic carbocycles. The Morgan fingerprint density at radius 1 is 1.41 bits per heavy atom. The number of benzene rings is 1. The van der Waals surface area contributed by atoms with Crippen LogP contribution in [0.2, 0.25) is 0 Å². The minimum Gasteiger partial charge on any atom is -0.332 e. The van der Waals surface area contributed by atoms with Crippen molar-refractivity contribution in [2.24, 2.45) is 0 Å². The summed E-state index contributed by atoms with van der Waals surface area (Å²) in [5.74, 6) is -0.280. The molecule has 0 saturated carbocycles. The van der Waals surface area contributed by atoms with Gasteiger partial charge in [0.15, 0.2) is 11.4 Å². The lowest BCUT2D eigenvalue weighted by atomic mass is 10.2. The molecule has 0 radical (unpaired) electrons. The first-order valence-electron chi connectivity index (χ1n) is 7.07. The van der Waals surface area contributed by atoms with Gasteiger partial charge in [-0.3, -0.25) is 10.1 Å². The summed E-state index contributed by atoms with van der Waals surface area (Å²) in [5.41, 5.74) is 9.94. The first-order valence-corrected chi connectivity index (χ1v) is 7.47. The molecule has 1 fully saturated rings. The second-order valence-corrected chi connectivity index (χ2v) is 5.08. The van der Waals surface area contributed by atoms with Gasteiger partial charge in [0.1, 0.15) is 0 Å². The molecule has 2 rings (SSSR count). The highest BCUT2D eigenvalue weighted by atomic mass is 32.1. The quantitative estimate of drug-likeness (QED) is 0.392. The Kier molecular flexibility index (Phi) is 6.44. The van der Waals surface area contributed by atoms with Crippen molar-refractivity contribution in [1.29, 1.82) is 0 Å². The normalized spacial score (nSPS) is 18.5. The summed E-state index contributed by atoms with van der Waals surface area (Å²) in [6.07, 6.45) is 3.90. The van der Waals surface area contributed by atoms with Crippen LogP contribution in [0.1, 0.15) is 18.9 Å². The molecule has 1 aromatic rings. The SMILES string of the molecule is CCCN1NNC(NC(=S)NC(=O)/C=C/c2ccccc2)N1. The molecule has 1 unspecified atom stereocenters. The molecule has 1 atom stereocenters. The molecule has 1 aromatic carbocycles. The number of rotatable bonds is 5. The van der Waals surface area contributed by atoms with E-state index in [0.717, 1.165) is 18.5 Å². The van der Waals surface area contributed by atoms with Crippen molar-refractivity contribution < 1.29 is 4.79 Å². The van der Waals surface area contributed by atoms with Gasteiger partial charge in [-0.25, -0.2) is 10.9 Å². The lowest BCUT2D eigenvalue weighted by molar-refractivity contribution is -0.115. The molecule has 1 saturated heterocycles. The molecule has 8 heteroatoms. The molecule has 5 N–H and O–H groups in total. The Bertz CT molecular complexity index is 535. The monoisotopic (exact) mass is 320 g/mol. The van der Waals surface area contributed by atoms with Gasteiger partial charge in [-0.05, 0) is 30.3 Å². The third-order valence-corrected chi connectivity index (χ3v) is 3.03. The minimum atomic E-state index is -0.280. The second-order valence-electron chi connectivity index (χ2n) is 4.68. The van der Waals surface area contributed by atoms with Crippen LogP contribution in [0.25, 0.3) is 6.08 Å². The Hall–Kier alpha value is -1.84. The second kappa shape index (κ2) is 8.57. The van der Waals surface area contributed by atoms with Gasteiger partial charge in [-0.2, -0.15) is 10.7 Å². The van der Waals surface area contributed by atoms with Gasteiger partial charge >= 0.3 is 0 Å². The van der Waals surface area contributed by atoms with Gasteiger partial charge in [-0.15, -0.1) is 0 Å². The van der Waals surface area contributed by atoms with E-state index in [1.165, 1.54) is 6.08 Å². The lowest BCUT2D eigenvalue weighted by Gasteiger charge is -2.16. The van der Waals surface area contributed by atoms with Gasteiger partial charge in [0, 0.05) is 12.6 Å². The third kappa shape index (κ3) is 5.51. The van der Waals surface area contributed by atoms with Gasteiger partial charge < -0.3 is 5.32 Å². The Morgan fingerprint density at radius 3 is 2.91 bits per heavy atom. The van der Waals surface area contributed by atoms with E-state index < -0.39 is 0 Å². The molecular weight excluding hydrogens is 300 g/mol. The van der Waals surface area contributed by atoms with Crippen LogP contribution in [0, 0.1) is 0 Å². The van der Waals surface area contributed by atoms with Gasteiger partial charge in [0.25, 0.3) is 0 Å². The number of amides is 1. The maximum atomic E-state index is 11.8. The van der Waals surface area contributed by atoms with Gasteiger partial charge in [0.05, 0.1) is 0 Å². The average molecular weight is 320 g/mol. The van der Waals surface area contributed by atoms with Crippen LogP contribution in [-0.2, 0) is 4.79 Å². The highest BCUT2D eigenvalue weighted by Gasteiger charge is 2.20. The largest absolute Gasteiger partial charge is 0.332 e. The van der Waals surface area contributed by atoms with Crippen LogP contribution in [-0.4, -0.2) is 29.0 Å².